The van der Waals surface area contributed by atoms with Gasteiger partial charge in [-0.2, -0.15) is 8.42 Å². The molecular formula is C11H6Cl3NO5S. The Hall–Kier alpha value is -1.41. The quantitative estimate of drug-likeness (QED) is 0.854. The third kappa shape index (κ3) is 3.44. The van der Waals surface area contributed by atoms with Gasteiger partial charge in [0.15, 0.2) is 0 Å². The van der Waals surface area contributed by atoms with Crippen molar-refractivity contribution in [3.8, 4) is 0 Å². The summed E-state index contributed by atoms with van der Waals surface area (Å²) in [5.74, 6) is -1.90. The SMILES string of the molecule is O=C(O)c1ccc(S(=O)(=O)Nc2c(Cl)cc(Cl)cc2Cl)o1. The normalized spacial score (nSPS) is 11.4. The smallest absolute Gasteiger partial charge is 0.371 e. The van der Waals surface area contributed by atoms with E-state index in [0.717, 1.165) is 12.1 Å². The van der Waals surface area contributed by atoms with Crippen molar-refractivity contribution in [1.82, 2.24) is 0 Å². The minimum Gasteiger partial charge on any atom is -0.475 e. The van der Waals surface area contributed by atoms with Crippen molar-refractivity contribution in [2.75, 3.05) is 4.72 Å². The van der Waals surface area contributed by atoms with Crippen LogP contribution in [0.5, 0.6) is 0 Å². The van der Waals surface area contributed by atoms with Crippen LogP contribution in [0.25, 0.3) is 0 Å². The first kappa shape index (κ1) is 16.0. The van der Waals surface area contributed by atoms with Crippen LogP contribution >= 0.6 is 34.8 Å². The number of anilines is 1. The number of rotatable bonds is 4. The minimum absolute atomic E-state index is 0.0129. The molecule has 0 unspecified atom stereocenters. The Morgan fingerprint density at radius 1 is 1.14 bits per heavy atom. The zero-order chi connectivity index (χ0) is 15.8. The highest BCUT2D eigenvalue weighted by Crippen LogP contribution is 2.35. The molecule has 1 heterocycles. The molecule has 2 rings (SSSR count). The molecule has 0 radical (unpaired) electrons. The number of carbonyl (C=O) groups is 1. The largest absolute Gasteiger partial charge is 0.475 e. The molecule has 21 heavy (non-hydrogen) atoms. The molecule has 2 aromatic rings. The molecule has 0 fully saturated rings. The Morgan fingerprint density at radius 3 is 2.19 bits per heavy atom. The van der Waals surface area contributed by atoms with E-state index in [2.05, 4.69) is 4.72 Å². The molecule has 1 aromatic heterocycles. The number of sulfonamides is 1. The van der Waals surface area contributed by atoms with Gasteiger partial charge in [0.2, 0.25) is 10.9 Å². The van der Waals surface area contributed by atoms with E-state index >= 15 is 0 Å². The Bertz CT molecular complexity index is 792. The maximum absolute atomic E-state index is 12.1. The number of aromatic carboxylic acids is 1. The van der Waals surface area contributed by atoms with Crippen LogP contribution in [-0.2, 0) is 10.0 Å². The van der Waals surface area contributed by atoms with Crippen molar-refractivity contribution in [3.63, 3.8) is 0 Å². The lowest BCUT2D eigenvalue weighted by Gasteiger charge is -2.10. The van der Waals surface area contributed by atoms with E-state index in [1.54, 1.807) is 0 Å². The van der Waals surface area contributed by atoms with Crippen LogP contribution in [0.3, 0.4) is 0 Å². The third-order valence-corrected chi connectivity index (χ3v) is 4.34. The van der Waals surface area contributed by atoms with E-state index in [-0.39, 0.29) is 20.8 Å². The van der Waals surface area contributed by atoms with E-state index < -0.39 is 26.8 Å². The Morgan fingerprint density at radius 2 is 1.71 bits per heavy atom. The topological polar surface area (TPSA) is 96.6 Å². The van der Waals surface area contributed by atoms with Gasteiger partial charge in [-0.15, -0.1) is 0 Å². The molecule has 2 N–H and O–H groups in total. The average Bonchev–Trinajstić information content (AvgIpc) is 2.84. The zero-order valence-electron chi connectivity index (χ0n) is 9.93. The van der Waals surface area contributed by atoms with Crippen LogP contribution in [0.15, 0.2) is 33.8 Å². The van der Waals surface area contributed by atoms with Gasteiger partial charge in [0.25, 0.3) is 10.0 Å². The van der Waals surface area contributed by atoms with Gasteiger partial charge in [-0.05, 0) is 24.3 Å². The fourth-order valence-corrected chi connectivity index (χ4v) is 3.46. The Balaban J connectivity index is 2.40. The molecule has 0 aliphatic rings. The first-order valence-electron chi connectivity index (χ1n) is 5.21. The second-order valence-corrected chi connectivity index (χ2v) is 6.64. The first-order valence-corrected chi connectivity index (χ1v) is 7.83. The van der Waals surface area contributed by atoms with Gasteiger partial charge >= 0.3 is 5.97 Å². The summed E-state index contributed by atoms with van der Waals surface area (Å²) < 4.78 is 31.0. The fraction of sp³-hybridized carbons (Fsp3) is 0. The van der Waals surface area contributed by atoms with Crippen LogP contribution in [-0.4, -0.2) is 19.5 Å². The third-order valence-electron chi connectivity index (χ3n) is 2.30. The number of benzene rings is 1. The monoisotopic (exact) mass is 369 g/mol. The zero-order valence-corrected chi connectivity index (χ0v) is 13.0. The van der Waals surface area contributed by atoms with Crippen LogP contribution in [0.4, 0.5) is 5.69 Å². The van der Waals surface area contributed by atoms with Crippen LogP contribution < -0.4 is 4.72 Å². The summed E-state index contributed by atoms with van der Waals surface area (Å²) in [7, 11) is -4.18. The lowest BCUT2D eigenvalue weighted by molar-refractivity contribution is 0.0656. The summed E-state index contributed by atoms with van der Waals surface area (Å²) >= 11 is 17.4. The molecule has 112 valence electrons. The number of furan rings is 1. The van der Waals surface area contributed by atoms with Gasteiger partial charge in [0.05, 0.1) is 15.7 Å². The lowest BCUT2D eigenvalue weighted by Crippen LogP contribution is -2.13. The van der Waals surface area contributed by atoms with E-state index in [1.807, 2.05) is 0 Å². The molecule has 0 bridgehead atoms. The summed E-state index contributed by atoms with van der Waals surface area (Å²) in [5.41, 5.74) is -0.0870. The summed E-state index contributed by atoms with van der Waals surface area (Å²) in [6.45, 7) is 0. The van der Waals surface area contributed by atoms with Gasteiger partial charge in [0, 0.05) is 5.02 Å². The average molecular weight is 371 g/mol. The molecule has 0 aliphatic heterocycles. The Labute approximate surface area is 134 Å². The summed E-state index contributed by atoms with van der Waals surface area (Å²) in [5, 5.41) is 8.33. The predicted molar refractivity (Wildman–Crippen MR) is 77.9 cm³/mol. The lowest BCUT2D eigenvalue weighted by atomic mass is 10.3. The summed E-state index contributed by atoms with van der Waals surface area (Å²) in [6, 6.07) is 4.63. The number of halogens is 3. The van der Waals surface area contributed by atoms with E-state index in [0.29, 0.717) is 0 Å². The van der Waals surface area contributed by atoms with Gasteiger partial charge in [-0.25, -0.2) is 4.79 Å². The van der Waals surface area contributed by atoms with Crippen LogP contribution in [0.1, 0.15) is 10.6 Å². The Kier molecular flexibility index (Phi) is 4.38. The van der Waals surface area contributed by atoms with Crippen molar-refractivity contribution in [3.05, 3.63) is 45.1 Å². The van der Waals surface area contributed by atoms with Crippen molar-refractivity contribution in [2.24, 2.45) is 0 Å². The summed E-state index contributed by atoms with van der Waals surface area (Å²) in [6.07, 6.45) is 0. The maximum Gasteiger partial charge on any atom is 0.371 e. The van der Waals surface area contributed by atoms with Crippen molar-refractivity contribution in [2.45, 2.75) is 5.09 Å². The van der Waals surface area contributed by atoms with E-state index in [1.165, 1.54) is 12.1 Å². The molecule has 10 heteroatoms. The highest BCUT2D eigenvalue weighted by molar-refractivity contribution is 7.92. The molecular weight excluding hydrogens is 365 g/mol. The molecule has 6 nitrogen and oxygen atoms in total. The van der Waals surface area contributed by atoms with Gasteiger partial charge in [-0.3, -0.25) is 4.72 Å². The second kappa shape index (κ2) is 5.76. The number of carboxylic acid groups (broad SMARTS) is 1. The van der Waals surface area contributed by atoms with Gasteiger partial charge in [-0.1, -0.05) is 34.8 Å². The van der Waals surface area contributed by atoms with Crippen LogP contribution in [0.2, 0.25) is 15.1 Å². The standard InChI is InChI=1S/C11H6Cl3NO5S/c12-5-3-6(13)10(7(14)4-5)15-21(18,19)9-2-1-8(20-9)11(16)17/h1-4,15H,(H,16,17). The van der Waals surface area contributed by atoms with Crippen molar-refractivity contribution in [1.29, 1.82) is 0 Å². The predicted octanol–water partition coefficient (Wildman–Crippen LogP) is 3.74. The fourth-order valence-electron chi connectivity index (χ4n) is 1.40. The van der Waals surface area contributed by atoms with Gasteiger partial charge < -0.3 is 9.52 Å². The number of carboxylic acids is 1. The number of hydrogen-bond acceptors (Lipinski definition) is 4. The minimum atomic E-state index is -4.18. The van der Waals surface area contributed by atoms with Crippen LogP contribution in [0, 0.1) is 0 Å². The second-order valence-electron chi connectivity index (χ2n) is 3.77. The number of nitrogens with one attached hydrogen (secondary N) is 1. The van der Waals surface area contributed by atoms with Gasteiger partial charge in [0.1, 0.15) is 0 Å². The van der Waals surface area contributed by atoms with Crippen molar-refractivity contribution >= 4 is 56.5 Å². The molecule has 0 aliphatic carbocycles. The molecule has 0 spiro atoms. The molecule has 0 saturated heterocycles. The molecule has 1 aromatic carbocycles. The maximum atomic E-state index is 12.1. The molecule has 0 atom stereocenters. The molecule has 0 amide bonds. The van der Waals surface area contributed by atoms with Crippen molar-refractivity contribution < 1.29 is 22.7 Å². The highest BCUT2D eigenvalue weighted by Gasteiger charge is 2.23. The van der Waals surface area contributed by atoms with E-state index in [9.17, 15) is 13.2 Å². The highest BCUT2D eigenvalue weighted by atomic mass is 35.5. The van der Waals surface area contributed by atoms with E-state index in [4.69, 9.17) is 44.3 Å². The summed E-state index contributed by atoms with van der Waals surface area (Å²) in [4.78, 5) is 10.7. The molecule has 0 saturated carbocycles. The first-order chi connectivity index (χ1) is 9.70. The number of hydrogen-bond donors (Lipinski definition) is 2.